The standard InChI is InChI=1S/C29H26ClFN2O3/c1-18-25-13-22(34)5-9-27(25)36-29(28(18)24-8-2-19(15-32)12-26(24)30)21-3-6-23(7-4-21)35-11-10-33-16-20(14-31)17-33/h2-9,12-13,20,29,34H,10-11,14,16-17H2,1H3/t29-/m0/s1. The summed E-state index contributed by atoms with van der Waals surface area (Å²) in [6.45, 7) is 4.64. The van der Waals surface area contributed by atoms with Gasteiger partial charge in [0.05, 0.1) is 18.3 Å². The number of aromatic hydroxyl groups is 1. The first kappa shape index (κ1) is 24.2. The van der Waals surface area contributed by atoms with Gasteiger partial charge in [0, 0.05) is 47.3 Å². The Morgan fingerprint density at radius 1 is 1.11 bits per heavy atom. The zero-order valence-electron chi connectivity index (χ0n) is 19.9. The Morgan fingerprint density at radius 3 is 2.58 bits per heavy atom. The van der Waals surface area contributed by atoms with E-state index in [2.05, 4.69) is 11.0 Å². The first-order chi connectivity index (χ1) is 17.5. The van der Waals surface area contributed by atoms with Crippen molar-refractivity contribution in [3.05, 3.63) is 87.9 Å². The first-order valence-electron chi connectivity index (χ1n) is 11.9. The lowest BCUT2D eigenvalue weighted by Crippen LogP contribution is -2.49. The molecule has 3 aromatic carbocycles. The van der Waals surface area contributed by atoms with Crippen LogP contribution in [-0.2, 0) is 0 Å². The second kappa shape index (κ2) is 10.2. The number of allylic oxidation sites excluding steroid dienone is 1. The topological polar surface area (TPSA) is 65.7 Å². The van der Waals surface area contributed by atoms with E-state index in [1.165, 1.54) is 0 Å². The summed E-state index contributed by atoms with van der Waals surface area (Å²) in [7, 11) is 0. The molecule has 0 radical (unpaired) electrons. The fourth-order valence-corrected chi connectivity index (χ4v) is 5.09. The van der Waals surface area contributed by atoms with Crippen molar-refractivity contribution in [2.45, 2.75) is 13.0 Å². The van der Waals surface area contributed by atoms with Gasteiger partial charge in [-0.05, 0) is 60.5 Å². The molecule has 0 amide bonds. The molecule has 2 aliphatic rings. The molecule has 1 saturated heterocycles. The number of fused-ring (bicyclic) bond motifs is 1. The van der Waals surface area contributed by atoms with Crippen molar-refractivity contribution < 1.29 is 19.0 Å². The van der Waals surface area contributed by atoms with E-state index in [0.717, 1.165) is 53.2 Å². The Balaban J connectivity index is 1.42. The van der Waals surface area contributed by atoms with Crippen molar-refractivity contribution in [3.63, 3.8) is 0 Å². The van der Waals surface area contributed by atoms with Crippen LogP contribution in [0, 0.1) is 17.2 Å². The highest BCUT2D eigenvalue weighted by Crippen LogP contribution is 2.48. The molecule has 5 rings (SSSR count). The number of likely N-dealkylation sites (tertiary alicyclic amines) is 1. The number of phenolic OH excluding ortho intramolecular Hbond substituents is 1. The zero-order valence-corrected chi connectivity index (χ0v) is 20.6. The maximum Gasteiger partial charge on any atom is 0.150 e. The molecule has 2 aliphatic heterocycles. The Kier molecular flexibility index (Phi) is 6.86. The average Bonchev–Trinajstić information content (AvgIpc) is 2.86. The molecule has 1 atom stereocenters. The van der Waals surface area contributed by atoms with E-state index in [9.17, 15) is 14.8 Å². The quantitative estimate of drug-likeness (QED) is 0.411. The van der Waals surface area contributed by atoms with E-state index in [0.29, 0.717) is 22.9 Å². The van der Waals surface area contributed by atoms with Crippen molar-refractivity contribution in [1.82, 2.24) is 4.90 Å². The third-order valence-corrected chi connectivity index (χ3v) is 7.09. The van der Waals surface area contributed by atoms with Gasteiger partial charge in [-0.2, -0.15) is 5.26 Å². The van der Waals surface area contributed by atoms with Crippen LogP contribution >= 0.6 is 11.6 Å². The number of phenols is 1. The number of ether oxygens (including phenoxy) is 2. The molecule has 0 aliphatic carbocycles. The van der Waals surface area contributed by atoms with Crippen LogP contribution in [0.1, 0.15) is 35.3 Å². The van der Waals surface area contributed by atoms with Gasteiger partial charge in [0.15, 0.2) is 0 Å². The van der Waals surface area contributed by atoms with E-state index in [4.69, 9.17) is 21.1 Å². The van der Waals surface area contributed by atoms with Crippen molar-refractivity contribution in [3.8, 4) is 23.3 Å². The number of nitriles is 1. The molecular formula is C29H26ClFN2O3. The summed E-state index contributed by atoms with van der Waals surface area (Å²) in [5, 5.41) is 19.8. The number of halogens is 2. The Morgan fingerprint density at radius 2 is 1.89 bits per heavy atom. The highest BCUT2D eigenvalue weighted by molar-refractivity contribution is 6.33. The van der Waals surface area contributed by atoms with Crippen LogP contribution in [0.15, 0.2) is 60.7 Å². The fourth-order valence-electron chi connectivity index (χ4n) is 4.81. The van der Waals surface area contributed by atoms with Gasteiger partial charge in [-0.25, -0.2) is 0 Å². The predicted molar refractivity (Wildman–Crippen MR) is 138 cm³/mol. The van der Waals surface area contributed by atoms with Gasteiger partial charge >= 0.3 is 0 Å². The minimum absolute atomic E-state index is 0.153. The molecule has 0 aromatic heterocycles. The average molecular weight is 505 g/mol. The summed E-state index contributed by atoms with van der Waals surface area (Å²) in [5.41, 5.74) is 4.77. The molecule has 0 saturated carbocycles. The number of rotatable bonds is 7. The highest BCUT2D eigenvalue weighted by Gasteiger charge is 2.31. The molecular weight excluding hydrogens is 479 g/mol. The molecule has 3 aromatic rings. The lowest BCUT2D eigenvalue weighted by Gasteiger charge is -2.37. The van der Waals surface area contributed by atoms with Gasteiger partial charge in [0.25, 0.3) is 0 Å². The van der Waals surface area contributed by atoms with Gasteiger partial charge in [-0.3, -0.25) is 9.29 Å². The van der Waals surface area contributed by atoms with E-state index in [1.54, 1.807) is 30.3 Å². The van der Waals surface area contributed by atoms with E-state index < -0.39 is 6.10 Å². The summed E-state index contributed by atoms with van der Waals surface area (Å²) >= 11 is 6.63. The van der Waals surface area contributed by atoms with E-state index in [-0.39, 0.29) is 18.3 Å². The van der Waals surface area contributed by atoms with Crippen molar-refractivity contribution in [2.24, 2.45) is 5.92 Å². The van der Waals surface area contributed by atoms with Crippen LogP contribution in [0.25, 0.3) is 11.1 Å². The molecule has 7 heteroatoms. The molecule has 0 unspecified atom stereocenters. The zero-order chi connectivity index (χ0) is 25.2. The minimum Gasteiger partial charge on any atom is -0.508 e. The predicted octanol–water partition coefficient (Wildman–Crippen LogP) is 6.26. The number of hydrogen-bond acceptors (Lipinski definition) is 5. The maximum absolute atomic E-state index is 12.6. The summed E-state index contributed by atoms with van der Waals surface area (Å²) in [4.78, 5) is 2.19. The third-order valence-electron chi connectivity index (χ3n) is 6.78. The Hall–Kier alpha value is -3.53. The molecule has 184 valence electrons. The van der Waals surface area contributed by atoms with Crippen molar-refractivity contribution in [2.75, 3.05) is 32.9 Å². The Bertz CT molecular complexity index is 1340. The van der Waals surface area contributed by atoms with E-state index >= 15 is 0 Å². The smallest absolute Gasteiger partial charge is 0.150 e. The van der Waals surface area contributed by atoms with Crippen molar-refractivity contribution >= 4 is 22.7 Å². The third kappa shape index (κ3) is 4.77. The molecule has 2 heterocycles. The van der Waals surface area contributed by atoms with Gasteiger partial charge in [-0.1, -0.05) is 29.8 Å². The summed E-state index contributed by atoms with van der Waals surface area (Å²) in [5.74, 6) is 1.75. The largest absolute Gasteiger partial charge is 0.508 e. The first-order valence-corrected chi connectivity index (χ1v) is 12.3. The lowest BCUT2D eigenvalue weighted by atomic mass is 9.86. The normalized spacial score (nSPS) is 17.7. The number of benzene rings is 3. The monoisotopic (exact) mass is 504 g/mol. The van der Waals surface area contributed by atoms with Crippen LogP contribution in [-0.4, -0.2) is 42.9 Å². The van der Waals surface area contributed by atoms with E-state index in [1.807, 2.05) is 37.3 Å². The van der Waals surface area contributed by atoms with Gasteiger partial charge in [0.1, 0.15) is 30.0 Å². The second-order valence-corrected chi connectivity index (χ2v) is 9.63. The van der Waals surface area contributed by atoms with Crippen LogP contribution < -0.4 is 9.47 Å². The minimum atomic E-state index is -0.444. The second-order valence-electron chi connectivity index (χ2n) is 9.22. The molecule has 1 N–H and O–H groups in total. The summed E-state index contributed by atoms with van der Waals surface area (Å²) < 4.78 is 25.0. The number of alkyl halides is 1. The molecule has 0 spiro atoms. The van der Waals surface area contributed by atoms with Crippen LogP contribution in [0.3, 0.4) is 0 Å². The molecule has 0 bridgehead atoms. The van der Waals surface area contributed by atoms with Gasteiger partial charge < -0.3 is 14.6 Å². The molecule has 36 heavy (non-hydrogen) atoms. The van der Waals surface area contributed by atoms with Crippen molar-refractivity contribution in [1.29, 1.82) is 5.26 Å². The van der Waals surface area contributed by atoms with Crippen LogP contribution in [0.4, 0.5) is 4.39 Å². The van der Waals surface area contributed by atoms with Crippen LogP contribution in [0.5, 0.6) is 17.2 Å². The fraction of sp³-hybridized carbons (Fsp3) is 0.276. The van der Waals surface area contributed by atoms with Gasteiger partial charge in [-0.15, -0.1) is 0 Å². The highest BCUT2D eigenvalue weighted by atomic mass is 35.5. The molecule has 5 nitrogen and oxygen atoms in total. The Labute approximate surface area is 215 Å². The van der Waals surface area contributed by atoms with Gasteiger partial charge in [0.2, 0.25) is 0 Å². The summed E-state index contributed by atoms with van der Waals surface area (Å²) in [6, 6.07) is 20.2. The summed E-state index contributed by atoms with van der Waals surface area (Å²) in [6.07, 6.45) is -0.444. The maximum atomic E-state index is 12.6. The number of hydrogen-bond donors (Lipinski definition) is 1. The SMILES string of the molecule is CC1=C(c2ccc(C#N)cc2Cl)[C@H](c2ccc(OCCN3CC(CF)C3)cc2)Oc2ccc(O)cc21. The molecule has 1 fully saturated rings. The lowest BCUT2D eigenvalue weighted by molar-refractivity contribution is 0.0668. The van der Waals surface area contributed by atoms with Crippen LogP contribution in [0.2, 0.25) is 5.02 Å². The number of nitrogens with zero attached hydrogens (tertiary/aromatic N) is 2.